The predicted molar refractivity (Wildman–Crippen MR) is 87.4 cm³/mol. The summed E-state index contributed by atoms with van der Waals surface area (Å²) in [5.41, 5.74) is 4.48. The van der Waals surface area contributed by atoms with E-state index in [2.05, 4.69) is 26.1 Å². The van der Waals surface area contributed by atoms with Gasteiger partial charge in [0.15, 0.2) is 0 Å². The molecule has 2 N–H and O–H groups in total. The smallest absolute Gasteiger partial charge is 0.127 e. The number of fused-ring (bicyclic) bond motifs is 3. The van der Waals surface area contributed by atoms with Gasteiger partial charge in [0.1, 0.15) is 5.82 Å². The van der Waals surface area contributed by atoms with Crippen molar-refractivity contribution in [3.05, 3.63) is 58.9 Å². The average Bonchev–Trinajstić information content (AvgIpc) is 2.85. The third kappa shape index (κ3) is 2.79. The SMILES string of the molecule is CC(C)(C)NC[C@H](O)c1ccc(F)c2c1-c1ccccc1C2. The van der Waals surface area contributed by atoms with Crippen molar-refractivity contribution in [1.82, 2.24) is 5.32 Å². The first-order chi connectivity index (χ1) is 10.4. The van der Waals surface area contributed by atoms with Gasteiger partial charge in [-0.3, -0.25) is 0 Å². The molecule has 0 amide bonds. The van der Waals surface area contributed by atoms with Crippen LogP contribution in [-0.2, 0) is 6.42 Å². The number of aliphatic hydroxyl groups excluding tert-OH is 1. The third-order valence-electron chi connectivity index (χ3n) is 4.13. The summed E-state index contributed by atoms with van der Waals surface area (Å²) in [6.07, 6.45) is -0.0512. The van der Waals surface area contributed by atoms with Crippen molar-refractivity contribution in [3.8, 4) is 11.1 Å². The van der Waals surface area contributed by atoms with Gasteiger partial charge in [-0.25, -0.2) is 4.39 Å². The first-order valence-electron chi connectivity index (χ1n) is 7.69. The van der Waals surface area contributed by atoms with Crippen LogP contribution in [0.5, 0.6) is 0 Å². The molecule has 0 bridgehead atoms. The highest BCUT2D eigenvalue weighted by atomic mass is 19.1. The summed E-state index contributed by atoms with van der Waals surface area (Å²) in [4.78, 5) is 0. The molecule has 116 valence electrons. The fourth-order valence-electron chi connectivity index (χ4n) is 3.03. The van der Waals surface area contributed by atoms with Gasteiger partial charge in [-0.2, -0.15) is 0 Å². The Morgan fingerprint density at radius 2 is 1.91 bits per heavy atom. The Hall–Kier alpha value is -1.71. The van der Waals surface area contributed by atoms with E-state index >= 15 is 0 Å². The Labute approximate surface area is 131 Å². The molecule has 1 aliphatic carbocycles. The topological polar surface area (TPSA) is 32.3 Å². The molecule has 0 aliphatic heterocycles. The maximum Gasteiger partial charge on any atom is 0.127 e. The molecule has 2 aromatic carbocycles. The molecule has 0 saturated carbocycles. The number of rotatable bonds is 3. The molecule has 0 saturated heterocycles. The molecule has 0 fully saturated rings. The van der Waals surface area contributed by atoms with E-state index in [1.165, 1.54) is 6.07 Å². The van der Waals surface area contributed by atoms with Crippen LogP contribution in [0, 0.1) is 5.82 Å². The number of aliphatic hydroxyl groups is 1. The van der Waals surface area contributed by atoms with Crippen LogP contribution in [0.4, 0.5) is 4.39 Å². The first kappa shape index (κ1) is 15.2. The molecule has 1 atom stereocenters. The fraction of sp³-hybridized carbons (Fsp3) is 0.368. The molecule has 1 aliphatic rings. The molecular formula is C19H22FNO. The predicted octanol–water partition coefficient (Wildman–Crippen LogP) is 3.82. The van der Waals surface area contributed by atoms with E-state index in [4.69, 9.17) is 0 Å². The van der Waals surface area contributed by atoms with Crippen molar-refractivity contribution in [3.63, 3.8) is 0 Å². The molecule has 3 rings (SSSR count). The van der Waals surface area contributed by atoms with Gasteiger partial charge >= 0.3 is 0 Å². The maximum atomic E-state index is 14.2. The van der Waals surface area contributed by atoms with E-state index in [0.717, 1.165) is 22.3 Å². The second kappa shape index (κ2) is 5.49. The van der Waals surface area contributed by atoms with E-state index in [0.29, 0.717) is 18.5 Å². The average molecular weight is 299 g/mol. The zero-order valence-electron chi connectivity index (χ0n) is 13.3. The lowest BCUT2D eigenvalue weighted by Crippen LogP contribution is -2.38. The zero-order chi connectivity index (χ0) is 15.9. The van der Waals surface area contributed by atoms with Crippen LogP contribution in [0.15, 0.2) is 36.4 Å². The van der Waals surface area contributed by atoms with Gasteiger partial charge in [0.05, 0.1) is 6.10 Å². The maximum absolute atomic E-state index is 14.2. The van der Waals surface area contributed by atoms with Crippen molar-refractivity contribution >= 4 is 0 Å². The quantitative estimate of drug-likeness (QED) is 0.770. The van der Waals surface area contributed by atoms with Crippen LogP contribution >= 0.6 is 0 Å². The largest absolute Gasteiger partial charge is 0.387 e. The van der Waals surface area contributed by atoms with Crippen LogP contribution in [0.25, 0.3) is 11.1 Å². The third-order valence-corrected chi connectivity index (χ3v) is 4.13. The summed E-state index contributed by atoms with van der Waals surface area (Å²) in [6.45, 7) is 6.63. The molecule has 0 aromatic heterocycles. The van der Waals surface area contributed by atoms with Crippen LogP contribution < -0.4 is 5.32 Å². The van der Waals surface area contributed by atoms with Gasteiger partial charge in [-0.05, 0) is 49.1 Å². The van der Waals surface area contributed by atoms with E-state index in [1.54, 1.807) is 6.07 Å². The highest BCUT2D eigenvalue weighted by molar-refractivity contribution is 5.80. The number of hydrogen-bond donors (Lipinski definition) is 2. The second-order valence-corrected chi connectivity index (χ2v) is 6.97. The lowest BCUT2D eigenvalue weighted by atomic mass is 9.95. The summed E-state index contributed by atoms with van der Waals surface area (Å²) < 4.78 is 14.2. The first-order valence-corrected chi connectivity index (χ1v) is 7.69. The highest BCUT2D eigenvalue weighted by Gasteiger charge is 2.27. The van der Waals surface area contributed by atoms with E-state index in [9.17, 15) is 9.50 Å². The standard InChI is InChI=1S/C19H22FNO/c1-19(2,3)21-11-17(22)14-8-9-16(20)15-10-12-6-4-5-7-13(12)18(14)15/h4-9,17,21-22H,10-11H2,1-3H3/t17-/m0/s1. The van der Waals surface area contributed by atoms with E-state index < -0.39 is 6.10 Å². The van der Waals surface area contributed by atoms with Crippen LogP contribution in [0.3, 0.4) is 0 Å². The van der Waals surface area contributed by atoms with E-state index in [-0.39, 0.29) is 11.4 Å². The van der Waals surface area contributed by atoms with Gasteiger partial charge in [0.2, 0.25) is 0 Å². The van der Waals surface area contributed by atoms with Crippen molar-refractivity contribution in [2.75, 3.05) is 6.54 Å². The van der Waals surface area contributed by atoms with Crippen molar-refractivity contribution in [2.45, 2.75) is 38.8 Å². The van der Waals surface area contributed by atoms with Gasteiger partial charge in [-0.15, -0.1) is 0 Å². The van der Waals surface area contributed by atoms with Crippen LogP contribution in [-0.4, -0.2) is 17.2 Å². The molecule has 0 unspecified atom stereocenters. The molecule has 0 spiro atoms. The zero-order valence-corrected chi connectivity index (χ0v) is 13.3. The highest BCUT2D eigenvalue weighted by Crippen LogP contribution is 2.42. The number of nitrogens with one attached hydrogen (secondary N) is 1. The molecule has 0 radical (unpaired) electrons. The summed E-state index contributed by atoms with van der Waals surface area (Å²) >= 11 is 0. The molecular weight excluding hydrogens is 277 g/mol. The number of halogens is 1. The van der Waals surface area contributed by atoms with Crippen LogP contribution in [0.2, 0.25) is 0 Å². The Morgan fingerprint density at radius 3 is 2.64 bits per heavy atom. The Morgan fingerprint density at radius 1 is 1.18 bits per heavy atom. The van der Waals surface area contributed by atoms with Crippen molar-refractivity contribution < 1.29 is 9.50 Å². The number of hydrogen-bond acceptors (Lipinski definition) is 2. The summed E-state index contributed by atoms with van der Waals surface area (Å²) in [6, 6.07) is 11.2. The lowest BCUT2D eigenvalue weighted by molar-refractivity contribution is 0.163. The monoisotopic (exact) mass is 299 g/mol. The van der Waals surface area contributed by atoms with Crippen molar-refractivity contribution in [1.29, 1.82) is 0 Å². The summed E-state index contributed by atoms with van der Waals surface area (Å²) in [7, 11) is 0. The molecule has 2 aromatic rings. The molecule has 3 heteroatoms. The number of benzene rings is 2. The number of β-amino-alcohol motifs (C(OH)–C–C–N with tert-alkyl or cyclic N) is 1. The molecule has 2 nitrogen and oxygen atoms in total. The minimum atomic E-state index is -0.653. The van der Waals surface area contributed by atoms with Crippen molar-refractivity contribution in [2.24, 2.45) is 0 Å². The van der Waals surface area contributed by atoms with E-state index in [1.807, 2.05) is 24.3 Å². The van der Waals surface area contributed by atoms with Crippen LogP contribution in [0.1, 0.15) is 43.6 Å². The van der Waals surface area contributed by atoms with Gasteiger partial charge in [-0.1, -0.05) is 30.3 Å². The lowest BCUT2D eigenvalue weighted by Gasteiger charge is -2.24. The fourth-order valence-corrected chi connectivity index (χ4v) is 3.03. The molecule has 22 heavy (non-hydrogen) atoms. The molecule has 0 heterocycles. The minimum absolute atomic E-state index is 0.0674. The second-order valence-electron chi connectivity index (χ2n) is 6.97. The summed E-state index contributed by atoms with van der Waals surface area (Å²) in [5.74, 6) is -0.189. The Kier molecular flexibility index (Phi) is 3.79. The normalized spacial score (nSPS) is 14.6. The van der Waals surface area contributed by atoms with Gasteiger partial charge in [0, 0.05) is 24.1 Å². The Balaban J connectivity index is 2.00. The van der Waals surface area contributed by atoms with Gasteiger partial charge < -0.3 is 10.4 Å². The minimum Gasteiger partial charge on any atom is -0.387 e. The summed E-state index contributed by atoms with van der Waals surface area (Å²) in [5, 5.41) is 13.9. The Bertz CT molecular complexity index is 703. The van der Waals surface area contributed by atoms with Gasteiger partial charge in [0.25, 0.3) is 0 Å².